The van der Waals surface area contributed by atoms with Gasteiger partial charge in [-0.25, -0.2) is 4.98 Å². The van der Waals surface area contributed by atoms with Gasteiger partial charge >= 0.3 is 0 Å². The Morgan fingerprint density at radius 1 is 1.24 bits per heavy atom. The van der Waals surface area contributed by atoms with Crippen LogP contribution in [0.4, 0.5) is 5.82 Å². The first-order chi connectivity index (χ1) is 12.1. The second-order valence-corrected chi connectivity index (χ2v) is 6.69. The molecule has 0 radical (unpaired) electrons. The Morgan fingerprint density at radius 3 is 2.80 bits per heavy atom. The zero-order chi connectivity index (χ0) is 17.8. The lowest BCUT2D eigenvalue weighted by atomic mass is 9.83. The summed E-state index contributed by atoms with van der Waals surface area (Å²) in [7, 11) is 1.74. The molecule has 0 fully saturated rings. The molecule has 25 heavy (non-hydrogen) atoms. The van der Waals surface area contributed by atoms with E-state index in [0.29, 0.717) is 11.7 Å². The highest BCUT2D eigenvalue weighted by molar-refractivity contribution is 5.98. The number of nitrogen functional groups attached to an aromatic ring is 1. The van der Waals surface area contributed by atoms with Crippen molar-refractivity contribution in [1.82, 2.24) is 4.98 Å². The number of benzene rings is 1. The first kappa shape index (κ1) is 17.3. The van der Waals surface area contributed by atoms with Gasteiger partial charge in [0.2, 0.25) is 0 Å². The minimum atomic E-state index is 0.498. The van der Waals surface area contributed by atoms with E-state index in [9.17, 15) is 0 Å². The predicted molar refractivity (Wildman–Crippen MR) is 105 cm³/mol. The van der Waals surface area contributed by atoms with Crippen molar-refractivity contribution in [2.75, 3.05) is 12.8 Å². The number of ether oxygens (including phenoxy) is 1. The van der Waals surface area contributed by atoms with E-state index in [1.165, 1.54) is 22.3 Å². The highest BCUT2D eigenvalue weighted by Gasteiger charge is 2.20. The van der Waals surface area contributed by atoms with Gasteiger partial charge in [0.15, 0.2) is 0 Å². The zero-order valence-electron chi connectivity index (χ0n) is 15.3. The fraction of sp³-hybridized carbons (Fsp3) is 0.318. The van der Waals surface area contributed by atoms with Crippen molar-refractivity contribution in [1.29, 1.82) is 0 Å². The minimum Gasteiger partial charge on any atom is -0.496 e. The topological polar surface area (TPSA) is 48.1 Å². The fourth-order valence-electron chi connectivity index (χ4n) is 3.44. The van der Waals surface area contributed by atoms with E-state index in [2.05, 4.69) is 49.2 Å². The van der Waals surface area contributed by atoms with Crippen LogP contribution >= 0.6 is 0 Å². The van der Waals surface area contributed by atoms with Crippen LogP contribution in [0, 0.1) is 5.92 Å². The third kappa shape index (κ3) is 3.76. The maximum atomic E-state index is 5.91. The van der Waals surface area contributed by atoms with Gasteiger partial charge < -0.3 is 10.5 Å². The average Bonchev–Trinajstić information content (AvgIpc) is 2.62. The molecule has 2 aromatic rings. The summed E-state index contributed by atoms with van der Waals surface area (Å²) in [4.78, 5) is 4.13. The van der Waals surface area contributed by atoms with E-state index >= 15 is 0 Å². The molecule has 0 spiro atoms. The van der Waals surface area contributed by atoms with E-state index in [1.54, 1.807) is 13.3 Å². The molecular formula is C22H26N2O. The Labute approximate surface area is 150 Å². The van der Waals surface area contributed by atoms with Gasteiger partial charge in [0.1, 0.15) is 11.6 Å². The second-order valence-electron chi connectivity index (χ2n) is 6.69. The number of allylic oxidation sites excluding steroid dienone is 4. The molecule has 1 aliphatic carbocycles. The van der Waals surface area contributed by atoms with Crippen molar-refractivity contribution in [3.05, 3.63) is 65.4 Å². The SMILES string of the molecule is CCCc1ccc(OC)c(C2=C(c3ccnc(N)c3)C=CC(C)C2)c1. The number of anilines is 1. The van der Waals surface area contributed by atoms with Crippen molar-refractivity contribution in [2.45, 2.75) is 33.1 Å². The first-order valence-electron chi connectivity index (χ1n) is 8.93. The molecule has 2 N–H and O–H groups in total. The fourth-order valence-corrected chi connectivity index (χ4v) is 3.44. The van der Waals surface area contributed by atoms with E-state index < -0.39 is 0 Å². The third-order valence-electron chi connectivity index (χ3n) is 4.66. The molecule has 1 aromatic carbocycles. The number of nitrogens with two attached hydrogens (primary N) is 1. The van der Waals surface area contributed by atoms with Crippen LogP contribution in [0.2, 0.25) is 0 Å². The molecule has 0 amide bonds. The molecule has 1 aromatic heterocycles. The highest BCUT2D eigenvalue weighted by atomic mass is 16.5. The van der Waals surface area contributed by atoms with Gasteiger partial charge in [-0.1, -0.05) is 38.5 Å². The van der Waals surface area contributed by atoms with Crippen molar-refractivity contribution < 1.29 is 4.74 Å². The number of aryl methyl sites for hydroxylation is 1. The van der Waals surface area contributed by atoms with E-state index in [0.717, 1.165) is 30.6 Å². The summed E-state index contributed by atoms with van der Waals surface area (Å²) in [5.74, 6) is 1.97. The van der Waals surface area contributed by atoms with Crippen LogP contribution in [0.1, 0.15) is 43.4 Å². The molecule has 0 aliphatic heterocycles. The van der Waals surface area contributed by atoms with Gasteiger partial charge in [-0.15, -0.1) is 0 Å². The van der Waals surface area contributed by atoms with E-state index in [4.69, 9.17) is 10.5 Å². The Bertz CT molecular complexity index is 821. The van der Waals surface area contributed by atoms with Gasteiger partial charge in [0, 0.05) is 11.8 Å². The van der Waals surface area contributed by atoms with Gasteiger partial charge in [-0.05, 0) is 65.3 Å². The van der Waals surface area contributed by atoms with Crippen LogP contribution < -0.4 is 10.5 Å². The number of hydrogen-bond donors (Lipinski definition) is 1. The molecule has 3 heteroatoms. The van der Waals surface area contributed by atoms with Crippen LogP contribution in [0.3, 0.4) is 0 Å². The molecule has 0 saturated carbocycles. The molecule has 3 rings (SSSR count). The molecule has 1 atom stereocenters. The van der Waals surface area contributed by atoms with Gasteiger partial charge in [-0.2, -0.15) is 0 Å². The number of hydrogen-bond acceptors (Lipinski definition) is 3. The van der Waals surface area contributed by atoms with Crippen LogP contribution in [-0.2, 0) is 6.42 Å². The molecule has 1 aliphatic rings. The summed E-state index contributed by atoms with van der Waals surface area (Å²) < 4.78 is 5.68. The monoisotopic (exact) mass is 334 g/mol. The number of pyridine rings is 1. The van der Waals surface area contributed by atoms with Crippen molar-refractivity contribution in [2.24, 2.45) is 5.92 Å². The molecule has 3 nitrogen and oxygen atoms in total. The molecule has 0 bridgehead atoms. The minimum absolute atomic E-state index is 0.498. The van der Waals surface area contributed by atoms with Crippen LogP contribution in [0.5, 0.6) is 5.75 Å². The lowest BCUT2D eigenvalue weighted by Gasteiger charge is -2.23. The first-order valence-corrected chi connectivity index (χ1v) is 8.93. The smallest absolute Gasteiger partial charge is 0.126 e. The lowest BCUT2D eigenvalue weighted by molar-refractivity contribution is 0.413. The normalized spacial score (nSPS) is 17.0. The number of nitrogens with zero attached hydrogens (tertiary/aromatic N) is 1. The number of aromatic nitrogens is 1. The Morgan fingerprint density at radius 2 is 2.08 bits per heavy atom. The summed E-state index contributed by atoms with van der Waals surface area (Å²) in [5.41, 5.74) is 12.1. The standard InChI is InChI=1S/C22H26N2O/c1-4-5-16-7-9-21(25-3)20(13-16)19-12-15(2)6-8-18(19)17-10-11-24-22(23)14-17/h6-11,13-15H,4-5,12H2,1-3H3,(H2,23,24). The summed E-state index contributed by atoms with van der Waals surface area (Å²) in [6.45, 7) is 4.45. The molecule has 1 heterocycles. The molecule has 0 saturated heterocycles. The summed E-state index contributed by atoms with van der Waals surface area (Å²) in [6, 6.07) is 10.5. The maximum absolute atomic E-state index is 5.91. The van der Waals surface area contributed by atoms with Gasteiger partial charge in [-0.3, -0.25) is 0 Å². The third-order valence-corrected chi connectivity index (χ3v) is 4.66. The van der Waals surface area contributed by atoms with Crippen molar-refractivity contribution in [3.63, 3.8) is 0 Å². The highest BCUT2D eigenvalue weighted by Crippen LogP contribution is 2.40. The second kappa shape index (κ2) is 7.56. The Kier molecular flexibility index (Phi) is 5.22. The average molecular weight is 334 g/mol. The Hall–Kier alpha value is -2.55. The Balaban J connectivity index is 2.19. The maximum Gasteiger partial charge on any atom is 0.126 e. The van der Waals surface area contributed by atoms with E-state index in [1.807, 2.05) is 12.1 Å². The molecular weight excluding hydrogens is 308 g/mol. The largest absolute Gasteiger partial charge is 0.496 e. The van der Waals surface area contributed by atoms with Gasteiger partial charge in [0.05, 0.1) is 7.11 Å². The predicted octanol–water partition coefficient (Wildman–Crippen LogP) is 5.13. The summed E-state index contributed by atoms with van der Waals surface area (Å²) in [5, 5.41) is 0. The van der Waals surface area contributed by atoms with Crippen molar-refractivity contribution >= 4 is 17.0 Å². The summed E-state index contributed by atoms with van der Waals surface area (Å²) >= 11 is 0. The van der Waals surface area contributed by atoms with Crippen molar-refractivity contribution in [3.8, 4) is 5.75 Å². The molecule has 130 valence electrons. The quantitative estimate of drug-likeness (QED) is 0.824. The van der Waals surface area contributed by atoms with Crippen LogP contribution in [0.15, 0.2) is 48.7 Å². The van der Waals surface area contributed by atoms with Crippen LogP contribution in [-0.4, -0.2) is 12.1 Å². The number of rotatable bonds is 5. The van der Waals surface area contributed by atoms with Gasteiger partial charge in [0.25, 0.3) is 0 Å². The molecule has 1 unspecified atom stereocenters. The lowest BCUT2D eigenvalue weighted by Crippen LogP contribution is -2.04. The zero-order valence-corrected chi connectivity index (χ0v) is 15.3. The van der Waals surface area contributed by atoms with Crippen LogP contribution in [0.25, 0.3) is 11.1 Å². The van der Waals surface area contributed by atoms with E-state index in [-0.39, 0.29) is 0 Å². The summed E-state index contributed by atoms with van der Waals surface area (Å²) in [6.07, 6.45) is 9.44. The number of methoxy groups -OCH3 is 1.